The molecule has 7 nitrogen and oxygen atoms in total. The summed E-state index contributed by atoms with van der Waals surface area (Å²) in [6, 6.07) is 16.0. The average Bonchev–Trinajstić information content (AvgIpc) is 2.72. The van der Waals surface area contributed by atoms with Crippen molar-refractivity contribution in [2.75, 3.05) is 11.8 Å². The minimum Gasteiger partial charge on any atom is -0.497 e. The molecule has 8 heteroatoms. The molecule has 2 aromatic carbocycles. The second-order valence-electron chi connectivity index (χ2n) is 5.91. The van der Waals surface area contributed by atoms with E-state index in [2.05, 4.69) is 15.0 Å². The van der Waals surface area contributed by atoms with Crippen LogP contribution < -0.4 is 14.8 Å². The molecular weight excluding hydrogens is 378 g/mol. The number of carbonyl (C=O) groups is 1. The van der Waals surface area contributed by atoms with Crippen LogP contribution in [0.25, 0.3) is 0 Å². The number of nitrogens with zero attached hydrogens (tertiary/aromatic N) is 1. The van der Waals surface area contributed by atoms with Crippen LogP contribution in [0.5, 0.6) is 5.75 Å². The molecule has 0 radical (unpaired) electrons. The van der Waals surface area contributed by atoms with Gasteiger partial charge in [-0.05, 0) is 48.0 Å². The van der Waals surface area contributed by atoms with Crippen molar-refractivity contribution in [2.24, 2.45) is 0 Å². The van der Waals surface area contributed by atoms with E-state index < -0.39 is 10.0 Å². The van der Waals surface area contributed by atoms with Gasteiger partial charge in [-0.15, -0.1) is 0 Å². The zero-order chi connectivity index (χ0) is 20.0. The molecule has 0 aliphatic heterocycles. The van der Waals surface area contributed by atoms with Crippen molar-refractivity contribution < 1.29 is 17.9 Å². The number of sulfonamides is 1. The lowest BCUT2D eigenvalue weighted by Gasteiger charge is -2.10. The molecule has 0 bridgehead atoms. The number of anilines is 1. The molecule has 0 saturated carbocycles. The van der Waals surface area contributed by atoms with Crippen LogP contribution in [0.2, 0.25) is 0 Å². The van der Waals surface area contributed by atoms with Gasteiger partial charge in [-0.25, -0.2) is 8.42 Å². The van der Waals surface area contributed by atoms with Gasteiger partial charge in [-0.3, -0.25) is 14.5 Å². The number of amides is 1. The van der Waals surface area contributed by atoms with Crippen molar-refractivity contribution in [2.45, 2.75) is 11.4 Å². The molecule has 0 saturated heterocycles. The molecule has 3 rings (SSSR count). The van der Waals surface area contributed by atoms with Gasteiger partial charge in [0.15, 0.2) is 0 Å². The summed E-state index contributed by atoms with van der Waals surface area (Å²) < 4.78 is 32.6. The number of carbonyl (C=O) groups excluding carboxylic acids is 1. The third-order valence-corrected chi connectivity index (χ3v) is 5.32. The van der Waals surface area contributed by atoms with Crippen molar-refractivity contribution >= 4 is 21.6 Å². The molecule has 2 N–H and O–H groups in total. The Kier molecular flexibility index (Phi) is 5.90. The first-order chi connectivity index (χ1) is 13.5. The Hall–Kier alpha value is -3.39. The molecule has 0 fully saturated rings. The van der Waals surface area contributed by atoms with Gasteiger partial charge in [0.2, 0.25) is 0 Å². The zero-order valence-corrected chi connectivity index (χ0v) is 15.9. The third-order valence-electron chi connectivity index (χ3n) is 3.92. The first-order valence-corrected chi connectivity index (χ1v) is 9.90. The molecule has 3 aromatic rings. The number of methoxy groups -OCH3 is 1. The van der Waals surface area contributed by atoms with E-state index in [9.17, 15) is 13.2 Å². The number of rotatable bonds is 7. The second-order valence-corrected chi connectivity index (χ2v) is 7.59. The largest absolute Gasteiger partial charge is 0.497 e. The Balaban J connectivity index is 1.67. The van der Waals surface area contributed by atoms with E-state index in [1.807, 2.05) is 6.07 Å². The fourth-order valence-corrected chi connectivity index (χ4v) is 3.52. The minimum atomic E-state index is -3.78. The number of hydrogen-bond acceptors (Lipinski definition) is 5. The van der Waals surface area contributed by atoms with Crippen LogP contribution in [0, 0.1) is 0 Å². The van der Waals surface area contributed by atoms with Gasteiger partial charge in [0, 0.05) is 30.6 Å². The van der Waals surface area contributed by atoms with E-state index in [1.54, 1.807) is 42.7 Å². The van der Waals surface area contributed by atoms with Crippen LogP contribution in [0.4, 0.5) is 5.69 Å². The molecule has 1 amide bonds. The van der Waals surface area contributed by atoms with E-state index in [0.29, 0.717) is 23.5 Å². The summed E-state index contributed by atoms with van der Waals surface area (Å²) >= 11 is 0. The first kappa shape index (κ1) is 19.4. The Labute approximate surface area is 163 Å². The van der Waals surface area contributed by atoms with E-state index in [4.69, 9.17) is 4.74 Å². The predicted octanol–water partition coefficient (Wildman–Crippen LogP) is 2.82. The van der Waals surface area contributed by atoms with Crippen LogP contribution in [-0.2, 0) is 16.6 Å². The fourth-order valence-electron chi connectivity index (χ4n) is 2.47. The highest BCUT2D eigenvalue weighted by Crippen LogP contribution is 2.21. The highest BCUT2D eigenvalue weighted by atomic mass is 32.2. The molecule has 1 heterocycles. The fraction of sp³-hybridized carbons (Fsp3) is 0.100. The summed E-state index contributed by atoms with van der Waals surface area (Å²) in [7, 11) is -2.28. The smallest absolute Gasteiger partial charge is 0.261 e. The highest BCUT2D eigenvalue weighted by molar-refractivity contribution is 7.92. The Morgan fingerprint density at radius 3 is 2.54 bits per heavy atom. The highest BCUT2D eigenvalue weighted by Gasteiger charge is 2.15. The molecule has 144 valence electrons. The maximum absolute atomic E-state index is 12.5. The summed E-state index contributed by atoms with van der Waals surface area (Å²) in [5.74, 6) is 0.245. The Morgan fingerprint density at radius 2 is 1.86 bits per heavy atom. The van der Waals surface area contributed by atoms with E-state index in [0.717, 1.165) is 5.56 Å². The van der Waals surface area contributed by atoms with Crippen molar-refractivity contribution in [1.82, 2.24) is 10.3 Å². The van der Waals surface area contributed by atoms with Gasteiger partial charge in [0.25, 0.3) is 15.9 Å². The number of pyridine rings is 1. The Morgan fingerprint density at radius 1 is 1.07 bits per heavy atom. The average molecular weight is 397 g/mol. The van der Waals surface area contributed by atoms with E-state index >= 15 is 0 Å². The molecule has 0 unspecified atom stereocenters. The normalized spacial score (nSPS) is 10.9. The molecule has 0 atom stereocenters. The topological polar surface area (TPSA) is 97.4 Å². The summed E-state index contributed by atoms with van der Waals surface area (Å²) in [5, 5.41) is 2.77. The predicted molar refractivity (Wildman–Crippen MR) is 106 cm³/mol. The van der Waals surface area contributed by atoms with E-state index in [1.165, 1.54) is 31.4 Å². The molecular formula is C20H19N3O4S. The molecule has 0 spiro atoms. The van der Waals surface area contributed by atoms with Crippen LogP contribution in [0.15, 0.2) is 78.0 Å². The number of hydrogen-bond donors (Lipinski definition) is 2. The second kappa shape index (κ2) is 8.53. The molecule has 0 aliphatic rings. The minimum absolute atomic E-state index is 0.0547. The number of nitrogens with one attached hydrogen (secondary N) is 2. The standard InChI is InChI=1S/C20H19N3O4S/c1-27-18-6-2-5-17(12-18)23-28(25,26)19-9-7-16(8-10-19)20(24)22-14-15-4-3-11-21-13-15/h2-13,23H,14H2,1H3,(H,22,24). The summed E-state index contributed by atoms with van der Waals surface area (Å²) in [6.45, 7) is 0.337. The summed E-state index contributed by atoms with van der Waals surface area (Å²) in [5.41, 5.74) is 1.62. The summed E-state index contributed by atoms with van der Waals surface area (Å²) in [4.78, 5) is 16.3. The van der Waals surface area contributed by atoms with Crippen LogP contribution in [-0.4, -0.2) is 26.4 Å². The number of benzene rings is 2. The third kappa shape index (κ3) is 4.86. The van der Waals surface area contributed by atoms with E-state index in [-0.39, 0.29) is 10.8 Å². The van der Waals surface area contributed by atoms with Crippen molar-refractivity contribution in [3.05, 3.63) is 84.2 Å². The van der Waals surface area contributed by atoms with Crippen molar-refractivity contribution in [1.29, 1.82) is 0 Å². The SMILES string of the molecule is COc1cccc(NS(=O)(=O)c2ccc(C(=O)NCc3cccnc3)cc2)c1. The van der Waals surface area contributed by atoms with Crippen molar-refractivity contribution in [3.8, 4) is 5.75 Å². The zero-order valence-electron chi connectivity index (χ0n) is 15.1. The van der Waals surface area contributed by atoms with Crippen LogP contribution in [0.1, 0.15) is 15.9 Å². The van der Waals surface area contributed by atoms with Crippen LogP contribution >= 0.6 is 0 Å². The summed E-state index contributed by atoms with van der Waals surface area (Å²) in [6.07, 6.45) is 3.32. The Bertz CT molecular complexity index is 1050. The van der Waals surface area contributed by atoms with Gasteiger partial charge >= 0.3 is 0 Å². The van der Waals surface area contributed by atoms with Gasteiger partial charge in [0.05, 0.1) is 17.7 Å². The lowest BCUT2D eigenvalue weighted by Crippen LogP contribution is -2.23. The number of ether oxygens (including phenoxy) is 1. The van der Waals surface area contributed by atoms with Gasteiger partial charge in [-0.1, -0.05) is 12.1 Å². The van der Waals surface area contributed by atoms with Gasteiger partial charge < -0.3 is 10.1 Å². The molecule has 1 aromatic heterocycles. The van der Waals surface area contributed by atoms with Crippen molar-refractivity contribution in [3.63, 3.8) is 0 Å². The van der Waals surface area contributed by atoms with Crippen LogP contribution in [0.3, 0.4) is 0 Å². The monoisotopic (exact) mass is 397 g/mol. The quantitative estimate of drug-likeness (QED) is 0.639. The van der Waals surface area contributed by atoms with Gasteiger partial charge in [0.1, 0.15) is 5.75 Å². The molecule has 28 heavy (non-hydrogen) atoms. The maximum atomic E-state index is 12.5. The first-order valence-electron chi connectivity index (χ1n) is 8.42. The lowest BCUT2D eigenvalue weighted by molar-refractivity contribution is 0.0951. The van der Waals surface area contributed by atoms with Gasteiger partial charge in [-0.2, -0.15) is 0 Å². The number of aromatic nitrogens is 1. The molecule has 0 aliphatic carbocycles. The maximum Gasteiger partial charge on any atom is 0.261 e. The lowest BCUT2D eigenvalue weighted by atomic mass is 10.2.